The number of hydrogen-bond acceptors (Lipinski definition) is 4. The third kappa shape index (κ3) is 3.80. The van der Waals surface area contributed by atoms with Crippen LogP contribution in [0.2, 0.25) is 0 Å². The number of nitrogens with two attached hydrogens (primary N) is 1. The van der Waals surface area contributed by atoms with Crippen molar-refractivity contribution in [1.29, 1.82) is 0 Å². The molecule has 100 valence electrons. The number of amides is 1. The molecule has 0 radical (unpaired) electrons. The van der Waals surface area contributed by atoms with Crippen molar-refractivity contribution in [3.05, 3.63) is 22.4 Å². The van der Waals surface area contributed by atoms with Gasteiger partial charge in [-0.3, -0.25) is 4.79 Å². The first kappa shape index (κ1) is 13.5. The third-order valence-corrected chi connectivity index (χ3v) is 4.24. The Kier molecular flexibility index (Phi) is 5.16. The number of nitrogens with one attached hydrogen (secondary N) is 1. The van der Waals surface area contributed by atoms with Crippen LogP contribution in [0.3, 0.4) is 0 Å². The highest BCUT2D eigenvalue weighted by Crippen LogP contribution is 2.16. The van der Waals surface area contributed by atoms with Gasteiger partial charge in [0.05, 0.1) is 0 Å². The van der Waals surface area contributed by atoms with Crippen molar-refractivity contribution in [1.82, 2.24) is 10.2 Å². The van der Waals surface area contributed by atoms with Gasteiger partial charge in [-0.1, -0.05) is 6.07 Å². The lowest BCUT2D eigenvalue weighted by atomic mass is 10.2. The molecule has 1 unspecified atom stereocenters. The zero-order valence-corrected chi connectivity index (χ0v) is 11.4. The molecule has 1 aromatic heterocycles. The first-order valence-corrected chi connectivity index (χ1v) is 7.44. The Bertz CT molecular complexity index is 360. The molecule has 4 nitrogen and oxygen atoms in total. The fraction of sp³-hybridized carbons (Fsp3) is 0.615. The highest BCUT2D eigenvalue weighted by atomic mass is 32.1. The van der Waals surface area contributed by atoms with Gasteiger partial charge >= 0.3 is 0 Å². The van der Waals surface area contributed by atoms with Crippen LogP contribution < -0.4 is 11.1 Å². The van der Waals surface area contributed by atoms with Gasteiger partial charge in [-0.15, -0.1) is 11.3 Å². The van der Waals surface area contributed by atoms with E-state index in [1.807, 2.05) is 17.5 Å². The summed E-state index contributed by atoms with van der Waals surface area (Å²) in [5.74, 6) is -0.0705. The van der Waals surface area contributed by atoms with E-state index in [0.29, 0.717) is 6.54 Å². The second kappa shape index (κ2) is 6.87. The Morgan fingerprint density at radius 2 is 2.28 bits per heavy atom. The van der Waals surface area contributed by atoms with Crippen molar-refractivity contribution in [2.45, 2.75) is 25.3 Å². The van der Waals surface area contributed by atoms with Gasteiger partial charge in [0.1, 0.15) is 6.04 Å². The highest BCUT2D eigenvalue weighted by molar-refractivity contribution is 7.10. The molecule has 1 amide bonds. The van der Waals surface area contributed by atoms with Gasteiger partial charge in [-0.2, -0.15) is 0 Å². The van der Waals surface area contributed by atoms with Crippen LogP contribution in [-0.4, -0.2) is 37.0 Å². The van der Waals surface area contributed by atoms with Gasteiger partial charge in [-0.05, 0) is 50.3 Å². The molecule has 1 saturated heterocycles. The summed E-state index contributed by atoms with van der Waals surface area (Å²) in [7, 11) is 0. The quantitative estimate of drug-likeness (QED) is 0.765. The maximum Gasteiger partial charge on any atom is 0.242 e. The Morgan fingerprint density at radius 3 is 2.94 bits per heavy atom. The van der Waals surface area contributed by atoms with Crippen molar-refractivity contribution in [3.8, 4) is 0 Å². The van der Waals surface area contributed by atoms with E-state index in [1.54, 1.807) is 0 Å². The molecule has 1 aromatic rings. The van der Waals surface area contributed by atoms with Crippen LogP contribution in [0.25, 0.3) is 0 Å². The molecule has 1 aliphatic rings. The summed E-state index contributed by atoms with van der Waals surface area (Å²) in [6.07, 6.45) is 3.63. The number of nitrogens with zero attached hydrogens (tertiary/aromatic N) is 1. The summed E-state index contributed by atoms with van der Waals surface area (Å²) in [6, 6.07) is 3.30. The maximum absolute atomic E-state index is 11.8. The van der Waals surface area contributed by atoms with Gasteiger partial charge in [0.25, 0.3) is 0 Å². The fourth-order valence-corrected chi connectivity index (χ4v) is 2.95. The van der Waals surface area contributed by atoms with E-state index in [9.17, 15) is 4.79 Å². The summed E-state index contributed by atoms with van der Waals surface area (Å²) < 4.78 is 0. The van der Waals surface area contributed by atoms with E-state index in [1.165, 1.54) is 37.3 Å². The first-order chi connectivity index (χ1) is 8.77. The molecule has 0 aromatic carbocycles. The number of rotatable bonds is 6. The van der Waals surface area contributed by atoms with Gasteiger partial charge < -0.3 is 16.0 Å². The number of carbonyl (C=O) groups is 1. The van der Waals surface area contributed by atoms with Crippen LogP contribution in [0, 0.1) is 0 Å². The lowest BCUT2D eigenvalue weighted by Gasteiger charge is -2.15. The van der Waals surface area contributed by atoms with Crippen LogP contribution in [0.1, 0.15) is 30.2 Å². The zero-order chi connectivity index (χ0) is 12.8. The van der Waals surface area contributed by atoms with Gasteiger partial charge in [0.2, 0.25) is 5.91 Å². The van der Waals surface area contributed by atoms with Crippen LogP contribution in [0.15, 0.2) is 17.5 Å². The number of carbonyl (C=O) groups excluding carboxylic acids is 1. The van der Waals surface area contributed by atoms with Crippen molar-refractivity contribution < 1.29 is 4.79 Å². The summed E-state index contributed by atoms with van der Waals surface area (Å²) >= 11 is 1.52. The molecule has 1 fully saturated rings. The van der Waals surface area contributed by atoms with Crippen molar-refractivity contribution in [3.63, 3.8) is 0 Å². The van der Waals surface area contributed by atoms with E-state index in [0.717, 1.165) is 17.8 Å². The van der Waals surface area contributed by atoms with Crippen LogP contribution >= 0.6 is 11.3 Å². The largest absolute Gasteiger partial charge is 0.354 e. The molecule has 0 bridgehead atoms. The Morgan fingerprint density at radius 1 is 1.50 bits per heavy atom. The van der Waals surface area contributed by atoms with Crippen LogP contribution in [-0.2, 0) is 4.79 Å². The second-order valence-electron chi connectivity index (χ2n) is 4.69. The number of likely N-dealkylation sites (tertiary alicyclic amines) is 1. The summed E-state index contributed by atoms with van der Waals surface area (Å²) in [6.45, 7) is 4.22. The number of hydrogen-bond donors (Lipinski definition) is 2. The van der Waals surface area contributed by atoms with E-state index >= 15 is 0 Å². The molecule has 0 saturated carbocycles. The molecule has 1 atom stereocenters. The predicted octanol–water partition coefficient (Wildman–Crippen LogP) is 1.35. The second-order valence-corrected chi connectivity index (χ2v) is 5.67. The topological polar surface area (TPSA) is 58.4 Å². The zero-order valence-electron chi connectivity index (χ0n) is 10.6. The standard InChI is InChI=1S/C13H21N3OS/c14-12(11-5-3-10-18-11)13(17)15-6-4-9-16-7-1-2-8-16/h3,5,10,12H,1-2,4,6-9,14H2,(H,15,17). The Balaban J connectivity index is 1.62. The van der Waals surface area contributed by atoms with Crippen LogP contribution in [0.4, 0.5) is 0 Å². The fourth-order valence-electron chi connectivity index (χ4n) is 2.23. The van der Waals surface area contributed by atoms with Gasteiger partial charge in [0, 0.05) is 11.4 Å². The predicted molar refractivity (Wildman–Crippen MR) is 74.5 cm³/mol. The molecule has 3 N–H and O–H groups in total. The highest BCUT2D eigenvalue weighted by Gasteiger charge is 2.16. The molecule has 18 heavy (non-hydrogen) atoms. The molecule has 0 aliphatic carbocycles. The van der Waals surface area contributed by atoms with Crippen molar-refractivity contribution >= 4 is 17.2 Å². The minimum absolute atomic E-state index is 0.0705. The van der Waals surface area contributed by atoms with E-state index in [-0.39, 0.29) is 5.91 Å². The van der Waals surface area contributed by atoms with Gasteiger partial charge in [0.15, 0.2) is 0 Å². The average molecular weight is 267 g/mol. The molecule has 5 heteroatoms. The van der Waals surface area contributed by atoms with E-state index in [4.69, 9.17) is 5.73 Å². The minimum Gasteiger partial charge on any atom is -0.354 e. The lowest BCUT2D eigenvalue weighted by molar-refractivity contribution is -0.122. The summed E-state index contributed by atoms with van der Waals surface area (Å²) in [5, 5.41) is 4.85. The molecular weight excluding hydrogens is 246 g/mol. The minimum atomic E-state index is -0.517. The first-order valence-electron chi connectivity index (χ1n) is 6.56. The molecule has 0 spiro atoms. The molecule has 2 heterocycles. The lowest BCUT2D eigenvalue weighted by Crippen LogP contribution is -2.35. The third-order valence-electron chi connectivity index (χ3n) is 3.28. The number of thiophene rings is 1. The monoisotopic (exact) mass is 267 g/mol. The maximum atomic E-state index is 11.8. The molecular formula is C13H21N3OS. The normalized spacial score (nSPS) is 17.8. The summed E-state index contributed by atoms with van der Waals surface area (Å²) in [4.78, 5) is 15.2. The summed E-state index contributed by atoms with van der Waals surface area (Å²) in [5.41, 5.74) is 5.88. The van der Waals surface area contributed by atoms with E-state index < -0.39 is 6.04 Å². The van der Waals surface area contributed by atoms with Crippen LogP contribution in [0.5, 0.6) is 0 Å². The Labute approximate surface area is 112 Å². The van der Waals surface area contributed by atoms with Gasteiger partial charge in [-0.25, -0.2) is 0 Å². The average Bonchev–Trinajstić information content (AvgIpc) is 3.05. The molecule has 2 rings (SSSR count). The Hall–Kier alpha value is -0.910. The SMILES string of the molecule is NC(C(=O)NCCCN1CCCC1)c1cccs1. The van der Waals surface area contributed by atoms with Crippen molar-refractivity contribution in [2.75, 3.05) is 26.2 Å². The van der Waals surface area contributed by atoms with Crippen molar-refractivity contribution in [2.24, 2.45) is 5.73 Å². The van der Waals surface area contributed by atoms with E-state index in [2.05, 4.69) is 10.2 Å². The smallest absolute Gasteiger partial charge is 0.242 e. The molecule has 1 aliphatic heterocycles.